The van der Waals surface area contributed by atoms with Crippen molar-refractivity contribution in [2.45, 2.75) is 20.0 Å². The zero-order valence-electron chi connectivity index (χ0n) is 14.2. The van der Waals surface area contributed by atoms with Crippen LogP contribution in [0.3, 0.4) is 0 Å². The average molecular weight is 337 g/mol. The number of ether oxygens (including phenoxy) is 2. The summed E-state index contributed by atoms with van der Waals surface area (Å²) in [5.41, 5.74) is 2.21. The Kier molecular flexibility index (Phi) is 6.61. The molecule has 0 bridgehead atoms. The number of anilines is 1. The fourth-order valence-corrected chi connectivity index (χ4v) is 2.05. The lowest BCUT2D eigenvalue weighted by atomic mass is 10.1. The van der Waals surface area contributed by atoms with Crippen LogP contribution in [0.4, 0.5) is 10.5 Å². The normalized spacial score (nSPS) is 9.52. The molecule has 0 aliphatic rings. The van der Waals surface area contributed by atoms with Crippen molar-refractivity contribution in [1.82, 2.24) is 0 Å². The first kappa shape index (κ1) is 18.1. The summed E-state index contributed by atoms with van der Waals surface area (Å²) in [7, 11) is 1.30. The van der Waals surface area contributed by atoms with Crippen molar-refractivity contribution < 1.29 is 19.1 Å². The van der Waals surface area contributed by atoms with Crippen LogP contribution >= 0.6 is 0 Å². The van der Waals surface area contributed by atoms with Gasteiger partial charge in [-0.1, -0.05) is 49.1 Å². The van der Waals surface area contributed by atoms with Crippen LogP contribution in [0.1, 0.15) is 34.8 Å². The van der Waals surface area contributed by atoms with E-state index in [9.17, 15) is 9.59 Å². The summed E-state index contributed by atoms with van der Waals surface area (Å²) in [4.78, 5) is 23.8. The van der Waals surface area contributed by atoms with E-state index in [1.54, 1.807) is 12.1 Å². The molecule has 2 rings (SSSR count). The van der Waals surface area contributed by atoms with Gasteiger partial charge in [0.15, 0.2) is 0 Å². The monoisotopic (exact) mass is 337 g/mol. The van der Waals surface area contributed by atoms with Crippen molar-refractivity contribution in [3.8, 4) is 11.8 Å². The molecular weight excluding hydrogens is 318 g/mol. The van der Waals surface area contributed by atoms with Gasteiger partial charge in [-0.2, -0.15) is 0 Å². The van der Waals surface area contributed by atoms with E-state index < -0.39 is 12.1 Å². The first-order chi connectivity index (χ1) is 12.1. The number of hydrogen-bond acceptors (Lipinski definition) is 4. The van der Waals surface area contributed by atoms with Gasteiger partial charge in [-0.25, -0.2) is 9.59 Å². The zero-order chi connectivity index (χ0) is 18.1. The summed E-state index contributed by atoms with van der Waals surface area (Å²) in [6, 6.07) is 14.2. The van der Waals surface area contributed by atoms with Crippen LogP contribution in [0.25, 0.3) is 0 Å². The first-order valence-corrected chi connectivity index (χ1v) is 7.83. The molecule has 5 nitrogen and oxygen atoms in total. The maximum atomic E-state index is 12.1. The zero-order valence-corrected chi connectivity index (χ0v) is 14.2. The van der Waals surface area contributed by atoms with Crippen LogP contribution in [0.5, 0.6) is 0 Å². The molecule has 1 N–H and O–H groups in total. The topological polar surface area (TPSA) is 64.6 Å². The lowest BCUT2D eigenvalue weighted by Gasteiger charge is -2.10. The fraction of sp³-hybridized carbons (Fsp3) is 0.200. The standard InChI is InChI=1S/C20H19NO4/c1-3-4-10-16-11-12-17(19(22)24-2)13-18(16)21-20(23)25-14-15-8-6-5-7-9-15/h5-9,11-13H,3,14H2,1-2H3,(H,21,23). The van der Waals surface area contributed by atoms with Gasteiger partial charge < -0.3 is 9.47 Å². The van der Waals surface area contributed by atoms with E-state index in [1.165, 1.54) is 13.2 Å². The third-order valence-corrected chi connectivity index (χ3v) is 3.29. The SMILES string of the molecule is CCC#Cc1ccc(C(=O)OC)cc1NC(=O)OCc1ccccc1. The number of amides is 1. The summed E-state index contributed by atoms with van der Waals surface area (Å²) < 4.78 is 9.91. The number of esters is 1. The van der Waals surface area contributed by atoms with E-state index in [-0.39, 0.29) is 6.61 Å². The van der Waals surface area contributed by atoms with Crippen LogP contribution in [-0.2, 0) is 16.1 Å². The van der Waals surface area contributed by atoms with Crippen molar-refractivity contribution in [3.05, 3.63) is 65.2 Å². The molecule has 0 heterocycles. The predicted octanol–water partition coefficient (Wildman–Crippen LogP) is 3.98. The Labute approximate surface area is 147 Å². The molecule has 128 valence electrons. The smallest absolute Gasteiger partial charge is 0.411 e. The number of benzene rings is 2. The highest BCUT2D eigenvalue weighted by atomic mass is 16.5. The van der Waals surface area contributed by atoms with Crippen molar-refractivity contribution in [3.63, 3.8) is 0 Å². The second-order valence-electron chi connectivity index (χ2n) is 5.09. The van der Waals surface area contributed by atoms with Gasteiger partial charge in [0.1, 0.15) is 6.61 Å². The number of methoxy groups -OCH3 is 1. The van der Waals surface area contributed by atoms with Gasteiger partial charge >= 0.3 is 12.1 Å². The van der Waals surface area contributed by atoms with Crippen LogP contribution in [-0.4, -0.2) is 19.2 Å². The van der Waals surface area contributed by atoms with E-state index >= 15 is 0 Å². The highest BCUT2D eigenvalue weighted by Crippen LogP contribution is 2.18. The third-order valence-electron chi connectivity index (χ3n) is 3.29. The molecule has 0 saturated carbocycles. The molecule has 25 heavy (non-hydrogen) atoms. The van der Waals surface area contributed by atoms with Gasteiger partial charge in [0, 0.05) is 12.0 Å². The molecule has 0 saturated heterocycles. The molecule has 2 aromatic rings. The maximum absolute atomic E-state index is 12.1. The van der Waals surface area contributed by atoms with Crippen LogP contribution in [0, 0.1) is 11.8 Å². The largest absolute Gasteiger partial charge is 0.465 e. The molecule has 2 aromatic carbocycles. The van der Waals surface area contributed by atoms with Gasteiger partial charge in [-0.3, -0.25) is 5.32 Å². The predicted molar refractivity (Wildman–Crippen MR) is 95.2 cm³/mol. The van der Waals surface area contributed by atoms with Gasteiger partial charge in [0.25, 0.3) is 0 Å². The molecular formula is C20H19NO4. The summed E-state index contributed by atoms with van der Waals surface area (Å²) >= 11 is 0. The Morgan fingerprint density at radius 3 is 2.56 bits per heavy atom. The quantitative estimate of drug-likeness (QED) is 0.677. The molecule has 0 aliphatic carbocycles. The first-order valence-electron chi connectivity index (χ1n) is 7.83. The highest BCUT2D eigenvalue weighted by Gasteiger charge is 2.12. The number of carbonyl (C=O) groups excluding carboxylic acids is 2. The van der Waals surface area contributed by atoms with E-state index in [0.29, 0.717) is 23.2 Å². The lowest BCUT2D eigenvalue weighted by molar-refractivity contribution is 0.0600. The van der Waals surface area contributed by atoms with Crippen molar-refractivity contribution in [2.24, 2.45) is 0 Å². The Bertz CT molecular complexity index is 803. The Morgan fingerprint density at radius 2 is 1.88 bits per heavy atom. The Hall–Kier alpha value is -3.26. The average Bonchev–Trinajstić information content (AvgIpc) is 2.65. The molecule has 0 spiro atoms. The van der Waals surface area contributed by atoms with E-state index in [4.69, 9.17) is 9.47 Å². The highest BCUT2D eigenvalue weighted by molar-refractivity contribution is 5.93. The third kappa shape index (κ3) is 5.40. The van der Waals surface area contributed by atoms with Crippen molar-refractivity contribution in [1.29, 1.82) is 0 Å². The number of nitrogens with one attached hydrogen (secondary N) is 1. The minimum absolute atomic E-state index is 0.152. The second-order valence-corrected chi connectivity index (χ2v) is 5.09. The maximum Gasteiger partial charge on any atom is 0.411 e. The molecule has 5 heteroatoms. The molecule has 1 amide bonds. The van der Waals surface area contributed by atoms with Gasteiger partial charge in [-0.05, 0) is 23.8 Å². The summed E-state index contributed by atoms with van der Waals surface area (Å²) in [5.74, 6) is 5.40. The second kappa shape index (κ2) is 9.14. The number of hydrogen-bond donors (Lipinski definition) is 1. The van der Waals surface area contributed by atoms with Crippen molar-refractivity contribution >= 4 is 17.7 Å². The van der Waals surface area contributed by atoms with Crippen LogP contribution in [0.2, 0.25) is 0 Å². The summed E-state index contributed by atoms with van der Waals surface area (Å²) in [6.45, 7) is 2.08. The summed E-state index contributed by atoms with van der Waals surface area (Å²) in [6.07, 6.45) is 0.0572. The van der Waals surface area contributed by atoms with E-state index in [0.717, 1.165) is 5.56 Å². The van der Waals surface area contributed by atoms with Gasteiger partial charge in [0.2, 0.25) is 0 Å². The molecule has 0 aromatic heterocycles. The summed E-state index contributed by atoms with van der Waals surface area (Å²) in [5, 5.41) is 2.64. The molecule has 0 atom stereocenters. The van der Waals surface area contributed by atoms with Crippen LogP contribution < -0.4 is 5.32 Å². The molecule has 0 radical (unpaired) electrons. The fourth-order valence-electron chi connectivity index (χ4n) is 2.05. The Balaban J connectivity index is 2.14. The Morgan fingerprint density at radius 1 is 1.12 bits per heavy atom. The number of carbonyl (C=O) groups is 2. The minimum atomic E-state index is -0.620. The number of rotatable bonds is 4. The minimum Gasteiger partial charge on any atom is -0.465 e. The lowest BCUT2D eigenvalue weighted by Crippen LogP contribution is -2.15. The van der Waals surface area contributed by atoms with Gasteiger partial charge in [0.05, 0.1) is 18.4 Å². The van der Waals surface area contributed by atoms with Crippen LogP contribution in [0.15, 0.2) is 48.5 Å². The van der Waals surface area contributed by atoms with Crippen molar-refractivity contribution in [2.75, 3.05) is 12.4 Å². The molecule has 0 fully saturated rings. The molecule has 0 aliphatic heterocycles. The van der Waals surface area contributed by atoms with Gasteiger partial charge in [-0.15, -0.1) is 0 Å². The van der Waals surface area contributed by atoms with E-state index in [1.807, 2.05) is 37.3 Å². The molecule has 0 unspecified atom stereocenters. The van der Waals surface area contributed by atoms with E-state index in [2.05, 4.69) is 17.2 Å².